The molecule has 0 N–H and O–H groups in total. The van der Waals surface area contributed by atoms with Crippen molar-refractivity contribution in [1.82, 2.24) is 0 Å². The fourth-order valence-electron chi connectivity index (χ4n) is 1.48. The molecule has 0 amide bonds. The van der Waals surface area contributed by atoms with Gasteiger partial charge in [-0.1, -0.05) is 0 Å². The molecule has 0 atom stereocenters. The zero-order valence-electron chi connectivity index (χ0n) is 9.86. The molecule has 1 aromatic rings. The van der Waals surface area contributed by atoms with Crippen molar-refractivity contribution >= 4 is 11.7 Å². The number of halogens is 3. The van der Waals surface area contributed by atoms with Gasteiger partial charge in [0.1, 0.15) is 0 Å². The first-order valence-electron chi connectivity index (χ1n) is 5.25. The maximum absolute atomic E-state index is 12.7. The molecule has 0 aliphatic rings. The molecule has 0 saturated carbocycles. The lowest BCUT2D eigenvalue weighted by Gasteiger charge is -2.12. The summed E-state index contributed by atoms with van der Waals surface area (Å²) in [6.07, 6.45) is -5.35. The van der Waals surface area contributed by atoms with E-state index in [9.17, 15) is 28.1 Å². The standard InChI is InChI=1S/C11H10F3NO4/c1-2-19-10(16)6-7-5-8(15(17)18)3-4-9(7)11(12,13)14/h3-5H,2,6H2,1H3. The highest BCUT2D eigenvalue weighted by molar-refractivity contribution is 5.73. The molecule has 0 aromatic heterocycles. The van der Waals surface area contributed by atoms with Crippen LogP contribution in [-0.2, 0) is 22.1 Å². The molecular formula is C11H10F3NO4. The number of nitro groups is 1. The van der Waals surface area contributed by atoms with Gasteiger partial charge in [-0.2, -0.15) is 13.2 Å². The summed E-state index contributed by atoms with van der Waals surface area (Å²) >= 11 is 0. The number of nitrogens with zero attached hydrogens (tertiary/aromatic N) is 1. The van der Waals surface area contributed by atoms with Gasteiger partial charge in [-0.25, -0.2) is 0 Å². The Labute approximate surface area is 106 Å². The molecule has 0 heterocycles. The molecular weight excluding hydrogens is 267 g/mol. The topological polar surface area (TPSA) is 69.4 Å². The van der Waals surface area contributed by atoms with E-state index in [2.05, 4.69) is 4.74 Å². The molecule has 0 fully saturated rings. The molecule has 1 aromatic carbocycles. The predicted molar refractivity (Wildman–Crippen MR) is 58.4 cm³/mol. The van der Waals surface area contributed by atoms with Gasteiger partial charge in [0.2, 0.25) is 0 Å². The van der Waals surface area contributed by atoms with Crippen LogP contribution in [0, 0.1) is 10.1 Å². The Kier molecular flexibility index (Phi) is 4.47. The largest absolute Gasteiger partial charge is 0.466 e. The number of benzene rings is 1. The maximum Gasteiger partial charge on any atom is 0.416 e. The second kappa shape index (κ2) is 5.68. The van der Waals surface area contributed by atoms with E-state index in [0.717, 1.165) is 12.1 Å². The number of hydrogen-bond acceptors (Lipinski definition) is 4. The smallest absolute Gasteiger partial charge is 0.416 e. The van der Waals surface area contributed by atoms with Crippen molar-refractivity contribution in [3.63, 3.8) is 0 Å². The normalized spacial score (nSPS) is 11.2. The van der Waals surface area contributed by atoms with E-state index < -0.39 is 40.3 Å². The summed E-state index contributed by atoms with van der Waals surface area (Å²) in [5.74, 6) is -0.867. The summed E-state index contributed by atoms with van der Waals surface area (Å²) < 4.78 is 42.6. The van der Waals surface area contributed by atoms with Crippen LogP contribution in [0.15, 0.2) is 18.2 Å². The molecule has 0 aliphatic carbocycles. The summed E-state index contributed by atoms with van der Waals surface area (Å²) in [6.45, 7) is 1.53. The SMILES string of the molecule is CCOC(=O)Cc1cc([N+](=O)[O-])ccc1C(F)(F)F. The lowest BCUT2D eigenvalue weighted by atomic mass is 10.0. The minimum Gasteiger partial charge on any atom is -0.466 e. The molecule has 8 heteroatoms. The molecule has 0 saturated heterocycles. The Morgan fingerprint density at radius 3 is 2.53 bits per heavy atom. The van der Waals surface area contributed by atoms with E-state index >= 15 is 0 Å². The van der Waals surface area contributed by atoms with Crippen molar-refractivity contribution in [2.45, 2.75) is 19.5 Å². The van der Waals surface area contributed by atoms with Crippen LogP contribution in [-0.4, -0.2) is 17.5 Å². The highest BCUT2D eigenvalue weighted by atomic mass is 19.4. The monoisotopic (exact) mass is 277 g/mol. The van der Waals surface area contributed by atoms with Gasteiger partial charge in [0.05, 0.1) is 23.5 Å². The first-order chi connectivity index (χ1) is 8.75. The molecule has 19 heavy (non-hydrogen) atoms. The van der Waals surface area contributed by atoms with Crippen LogP contribution in [0.3, 0.4) is 0 Å². The molecule has 104 valence electrons. The fourth-order valence-corrected chi connectivity index (χ4v) is 1.48. The predicted octanol–water partition coefficient (Wildman–Crippen LogP) is 2.72. The van der Waals surface area contributed by atoms with Crippen LogP contribution in [0.2, 0.25) is 0 Å². The van der Waals surface area contributed by atoms with Crippen LogP contribution in [0.5, 0.6) is 0 Å². The van der Waals surface area contributed by atoms with Gasteiger partial charge < -0.3 is 4.74 Å². The van der Waals surface area contributed by atoms with Crippen LogP contribution >= 0.6 is 0 Å². The molecule has 0 spiro atoms. The van der Waals surface area contributed by atoms with Gasteiger partial charge in [0.25, 0.3) is 5.69 Å². The van der Waals surface area contributed by atoms with Crippen molar-refractivity contribution in [1.29, 1.82) is 0 Å². The molecule has 0 unspecified atom stereocenters. The number of ether oxygens (including phenoxy) is 1. The summed E-state index contributed by atoms with van der Waals surface area (Å²) in [5.41, 5.74) is -2.06. The van der Waals surface area contributed by atoms with E-state index in [1.165, 1.54) is 6.92 Å². The van der Waals surface area contributed by atoms with Gasteiger partial charge in [0, 0.05) is 12.1 Å². The lowest BCUT2D eigenvalue weighted by Crippen LogP contribution is -2.14. The first kappa shape index (κ1) is 14.9. The first-order valence-corrected chi connectivity index (χ1v) is 5.25. The minimum absolute atomic E-state index is 0.0229. The molecule has 0 radical (unpaired) electrons. The average Bonchev–Trinajstić information content (AvgIpc) is 2.27. The zero-order valence-corrected chi connectivity index (χ0v) is 9.86. The van der Waals surface area contributed by atoms with Gasteiger partial charge in [-0.15, -0.1) is 0 Å². The second-order valence-electron chi connectivity index (χ2n) is 3.58. The third-order valence-corrected chi connectivity index (χ3v) is 2.25. The Bertz CT molecular complexity index is 499. The summed E-state index contributed by atoms with van der Waals surface area (Å²) in [5, 5.41) is 10.5. The lowest BCUT2D eigenvalue weighted by molar-refractivity contribution is -0.385. The maximum atomic E-state index is 12.7. The highest BCUT2D eigenvalue weighted by Crippen LogP contribution is 2.34. The molecule has 1 rings (SSSR count). The second-order valence-corrected chi connectivity index (χ2v) is 3.58. The van der Waals surface area contributed by atoms with Gasteiger partial charge in [-0.3, -0.25) is 14.9 Å². The van der Waals surface area contributed by atoms with Crippen LogP contribution in [0.1, 0.15) is 18.1 Å². The van der Waals surface area contributed by atoms with E-state index in [-0.39, 0.29) is 6.61 Å². The highest BCUT2D eigenvalue weighted by Gasteiger charge is 2.34. The minimum atomic E-state index is -4.68. The third-order valence-electron chi connectivity index (χ3n) is 2.25. The number of carbonyl (C=O) groups excluding carboxylic acids is 1. The van der Waals surface area contributed by atoms with Crippen LogP contribution < -0.4 is 0 Å². The number of alkyl halides is 3. The number of non-ortho nitro benzene ring substituents is 1. The quantitative estimate of drug-likeness (QED) is 0.482. The summed E-state index contributed by atoms with van der Waals surface area (Å²) in [4.78, 5) is 20.9. The fraction of sp³-hybridized carbons (Fsp3) is 0.364. The number of carbonyl (C=O) groups is 1. The van der Waals surface area contributed by atoms with Crippen molar-refractivity contribution in [3.05, 3.63) is 39.4 Å². The average molecular weight is 277 g/mol. The Balaban J connectivity index is 3.18. The Morgan fingerprint density at radius 2 is 2.05 bits per heavy atom. The Morgan fingerprint density at radius 1 is 1.42 bits per heavy atom. The molecule has 0 aliphatic heterocycles. The zero-order chi connectivity index (χ0) is 14.6. The third kappa shape index (κ3) is 3.94. The van der Waals surface area contributed by atoms with Crippen molar-refractivity contribution in [2.75, 3.05) is 6.61 Å². The Hall–Kier alpha value is -2.12. The van der Waals surface area contributed by atoms with Gasteiger partial charge in [0.15, 0.2) is 0 Å². The van der Waals surface area contributed by atoms with E-state index in [1.54, 1.807) is 0 Å². The molecule has 0 bridgehead atoms. The summed E-state index contributed by atoms with van der Waals surface area (Å²) in [6, 6.07) is 2.07. The number of hydrogen-bond donors (Lipinski definition) is 0. The van der Waals surface area contributed by atoms with E-state index in [0.29, 0.717) is 6.07 Å². The number of rotatable bonds is 4. The van der Waals surface area contributed by atoms with Gasteiger partial charge >= 0.3 is 12.1 Å². The number of esters is 1. The van der Waals surface area contributed by atoms with Crippen molar-refractivity contribution in [3.8, 4) is 0 Å². The van der Waals surface area contributed by atoms with Crippen molar-refractivity contribution in [2.24, 2.45) is 0 Å². The van der Waals surface area contributed by atoms with E-state index in [1.807, 2.05) is 0 Å². The van der Waals surface area contributed by atoms with E-state index in [4.69, 9.17) is 0 Å². The summed E-state index contributed by atoms with van der Waals surface area (Å²) in [7, 11) is 0. The number of nitro benzene ring substituents is 1. The van der Waals surface area contributed by atoms with Gasteiger partial charge in [-0.05, 0) is 18.6 Å². The van der Waals surface area contributed by atoms with Crippen LogP contribution in [0.25, 0.3) is 0 Å². The molecule has 5 nitrogen and oxygen atoms in total. The van der Waals surface area contributed by atoms with Crippen LogP contribution in [0.4, 0.5) is 18.9 Å². The van der Waals surface area contributed by atoms with Crippen molar-refractivity contribution < 1.29 is 27.6 Å².